The molecule has 0 aromatic heterocycles. The number of carbonyl (C=O) groups is 1. The Hall–Kier alpha value is -0.570. The number of likely N-dealkylation sites (N-methyl/N-ethyl adjacent to an activating group) is 1. The van der Waals surface area contributed by atoms with Crippen molar-refractivity contribution in [3.63, 3.8) is 0 Å². The topological polar surface area (TPSA) is 32.3 Å². The van der Waals surface area contributed by atoms with Gasteiger partial charge >= 0.3 is 0 Å². The molecule has 4 saturated carbocycles. The molecule has 0 radical (unpaired) electrons. The lowest BCUT2D eigenvalue weighted by molar-refractivity contribution is -0.126. The molecule has 5 aliphatic rings. The minimum atomic E-state index is 0.145. The summed E-state index contributed by atoms with van der Waals surface area (Å²) in [6.07, 6.45) is 9.55. The number of amides is 1. The van der Waals surface area contributed by atoms with Crippen LogP contribution in [0.1, 0.15) is 44.9 Å². The highest BCUT2D eigenvalue weighted by atomic mass is 16.2. The predicted octanol–water partition coefficient (Wildman–Crippen LogP) is 2.27. The van der Waals surface area contributed by atoms with Crippen molar-refractivity contribution in [2.45, 2.75) is 51.0 Å². The molecule has 5 rings (SSSR count). The van der Waals surface area contributed by atoms with Crippen molar-refractivity contribution in [3.8, 4) is 0 Å². The van der Waals surface area contributed by atoms with Gasteiger partial charge in [0.1, 0.15) is 0 Å². The molecule has 3 heteroatoms. The van der Waals surface area contributed by atoms with Crippen LogP contribution in [0, 0.1) is 29.6 Å². The largest absolute Gasteiger partial charge is 0.354 e. The van der Waals surface area contributed by atoms with Gasteiger partial charge in [0.15, 0.2) is 0 Å². The van der Waals surface area contributed by atoms with Crippen LogP contribution in [0.3, 0.4) is 0 Å². The summed E-state index contributed by atoms with van der Waals surface area (Å²) in [4.78, 5) is 14.6. The van der Waals surface area contributed by atoms with Crippen molar-refractivity contribution in [2.75, 3.05) is 20.1 Å². The normalized spacial score (nSPS) is 46.9. The third kappa shape index (κ3) is 2.18. The van der Waals surface area contributed by atoms with E-state index in [1.165, 1.54) is 38.5 Å². The monoisotopic (exact) mass is 276 g/mol. The fraction of sp³-hybridized carbons (Fsp3) is 0.941. The number of carbonyl (C=O) groups excluding carboxylic acids is 1. The second-order valence-electron chi connectivity index (χ2n) is 7.98. The highest BCUT2D eigenvalue weighted by Crippen LogP contribution is 2.56. The first-order valence-electron chi connectivity index (χ1n) is 8.68. The first kappa shape index (κ1) is 13.1. The molecular weight excluding hydrogens is 248 g/mol. The summed E-state index contributed by atoms with van der Waals surface area (Å²) >= 11 is 0. The van der Waals surface area contributed by atoms with E-state index in [-0.39, 0.29) is 6.04 Å². The molecular formula is C17H28N2O. The summed E-state index contributed by atoms with van der Waals surface area (Å²) < 4.78 is 0. The first-order valence-corrected chi connectivity index (χ1v) is 8.68. The van der Waals surface area contributed by atoms with Gasteiger partial charge in [0.25, 0.3) is 0 Å². The predicted molar refractivity (Wildman–Crippen MR) is 79.2 cm³/mol. The highest BCUT2D eigenvalue weighted by Gasteiger charge is 2.48. The molecule has 0 aromatic carbocycles. The van der Waals surface area contributed by atoms with Crippen LogP contribution in [0.2, 0.25) is 0 Å². The highest BCUT2D eigenvalue weighted by molar-refractivity contribution is 5.82. The van der Waals surface area contributed by atoms with E-state index in [2.05, 4.69) is 17.3 Å². The Morgan fingerprint density at radius 2 is 1.75 bits per heavy atom. The Morgan fingerprint density at radius 3 is 2.30 bits per heavy atom. The Bertz CT molecular complexity index is 366. The summed E-state index contributed by atoms with van der Waals surface area (Å²) in [6.45, 7) is 2.04. The molecule has 1 amide bonds. The van der Waals surface area contributed by atoms with Crippen molar-refractivity contribution in [3.05, 3.63) is 0 Å². The number of rotatable bonds is 3. The van der Waals surface area contributed by atoms with Gasteiger partial charge in [-0.2, -0.15) is 0 Å². The van der Waals surface area contributed by atoms with E-state index in [1.54, 1.807) is 0 Å². The quantitative estimate of drug-likeness (QED) is 0.857. The third-order valence-corrected chi connectivity index (χ3v) is 6.76. The van der Waals surface area contributed by atoms with Gasteiger partial charge < -0.3 is 5.32 Å². The summed E-state index contributed by atoms with van der Waals surface area (Å²) in [7, 11) is 2.08. The lowest BCUT2D eigenvalue weighted by Gasteiger charge is -2.54. The maximum Gasteiger partial charge on any atom is 0.237 e. The van der Waals surface area contributed by atoms with E-state index in [0.29, 0.717) is 5.91 Å². The number of hydrogen-bond donors (Lipinski definition) is 1. The van der Waals surface area contributed by atoms with Crippen LogP contribution in [0.15, 0.2) is 0 Å². The molecule has 5 fully saturated rings. The Morgan fingerprint density at radius 1 is 1.10 bits per heavy atom. The first-order chi connectivity index (χ1) is 9.70. The SMILES string of the molecule is CN1CCCC1C(=O)NCC1C2CC3CC(C2)CC1C3. The van der Waals surface area contributed by atoms with Crippen LogP contribution < -0.4 is 5.32 Å². The van der Waals surface area contributed by atoms with Gasteiger partial charge in [-0.1, -0.05) is 0 Å². The van der Waals surface area contributed by atoms with E-state index in [9.17, 15) is 4.79 Å². The molecule has 4 aliphatic carbocycles. The number of hydrogen-bond acceptors (Lipinski definition) is 2. The van der Waals surface area contributed by atoms with Gasteiger partial charge in [0.2, 0.25) is 5.91 Å². The third-order valence-electron chi connectivity index (χ3n) is 6.76. The number of nitrogens with one attached hydrogen (secondary N) is 1. The Balaban J connectivity index is 1.34. The molecule has 20 heavy (non-hydrogen) atoms. The van der Waals surface area contributed by atoms with Gasteiger partial charge in [0.05, 0.1) is 6.04 Å². The van der Waals surface area contributed by atoms with E-state index < -0.39 is 0 Å². The fourth-order valence-corrected chi connectivity index (χ4v) is 5.95. The van der Waals surface area contributed by atoms with Gasteiger partial charge in [-0.05, 0) is 88.1 Å². The zero-order chi connectivity index (χ0) is 13.7. The van der Waals surface area contributed by atoms with Crippen molar-refractivity contribution >= 4 is 5.91 Å². The number of likely N-dealkylation sites (tertiary alicyclic amines) is 1. The Kier molecular flexibility index (Phi) is 3.29. The fourth-order valence-electron chi connectivity index (χ4n) is 5.95. The smallest absolute Gasteiger partial charge is 0.237 e. The van der Waals surface area contributed by atoms with Gasteiger partial charge in [-0.15, -0.1) is 0 Å². The van der Waals surface area contributed by atoms with Crippen LogP contribution in [-0.4, -0.2) is 37.0 Å². The van der Waals surface area contributed by atoms with E-state index in [0.717, 1.165) is 49.1 Å². The van der Waals surface area contributed by atoms with Gasteiger partial charge in [-0.3, -0.25) is 9.69 Å². The van der Waals surface area contributed by atoms with E-state index in [4.69, 9.17) is 0 Å². The average molecular weight is 276 g/mol. The summed E-state index contributed by atoms with van der Waals surface area (Å²) in [5.74, 6) is 4.99. The average Bonchev–Trinajstić information content (AvgIpc) is 2.83. The molecule has 1 aliphatic heterocycles. The molecule has 4 bridgehead atoms. The summed E-state index contributed by atoms with van der Waals surface area (Å²) in [6, 6.07) is 0.145. The van der Waals surface area contributed by atoms with Crippen LogP contribution >= 0.6 is 0 Å². The maximum absolute atomic E-state index is 12.3. The second kappa shape index (κ2) is 5.01. The Labute approximate surface area is 122 Å². The van der Waals surface area contributed by atoms with Gasteiger partial charge in [0, 0.05) is 6.54 Å². The molecule has 1 saturated heterocycles. The van der Waals surface area contributed by atoms with Crippen LogP contribution in [0.4, 0.5) is 0 Å². The minimum Gasteiger partial charge on any atom is -0.354 e. The standard InChI is InChI=1S/C17H28N2O/c1-19-4-2-3-16(19)17(20)18-10-15-13-6-11-5-12(8-13)9-14(15)7-11/h11-16H,2-10H2,1H3,(H,18,20). The summed E-state index contributed by atoms with van der Waals surface area (Å²) in [5, 5.41) is 3.30. The maximum atomic E-state index is 12.3. The summed E-state index contributed by atoms with van der Waals surface area (Å²) in [5.41, 5.74) is 0. The second-order valence-corrected chi connectivity index (χ2v) is 7.98. The molecule has 1 atom stereocenters. The molecule has 1 unspecified atom stereocenters. The molecule has 3 nitrogen and oxygen atoms in total. The van der Waals surface area contributed by atoms with Gasteiger partial charge in [-0.25, -0.2) is 0 Å². The zero-order valence-corrected chi connectivity index (χ0v) is 12.7. The molecule has 1 heterocycles. The van der Waals surface area contributed by atoms with Crippen LogP contribution in [0.5, 0.6) is 0 Å². The van der Waals surface area contributed by atoms with Crippen molar-refractivity contribution in [2.24, 2.45) is 29.6 Å². The van der Waals surface area contributed by atoms with Crippen LogP contribution in [0.25, 0.3) is 0 Å². The molecule has 0 aromatic rings. The lowest BCUT2D eigenvalue weighted by Crippen LogP contribution is -2.50. The van der Waals surface area contributed by atoms with Crippen molar-refractivity contribution < 1.29 is 4.79 Å². The molecule has 1 N–H and O–H groups in total. The zero-order valence-electron chi connectivity index (χ0n) is 12.7. The molecule has 112 valence electrons. The minimum absolute atomic E-state index is 0.145. The van der Waals surface area contributed by atoms with E-state index in [1.807, 2.05) is 0 Å². The van der Waals surface area contributed by atoms with Crippen molar-refractivity contribution in [1.29, 1.82) is 0 Å². The van der Waals surface area contributed by atoms with E-state index >= 15 is 0 Å². The number of nitrogens with zero attached hydrogens (tertiary/aromatic N) is 1. The van der Waals surface area contributed by atoms with Crippen molar-refractivity contribution in [1.82, 2.24) is 10.2 Å². The molecule has 0 spiro atoms. The lowest BCUT2D eigenvalue weighted by atomic mass is 9.52. The van der Waals surface area contributed by atoms with Crippen LogP contribution in [-0.2, 0) is 4.79 Å².